The van der Waals surface area contributed by atoms with E-state index < -0.39 is 126 Å². The SMILES string of the molecule is CC[C@H](C)[C@@H]1NC(=O)[C@H](Cc2ccc(O)cc2)NC(=O)[C@@H](N)CSSC[C@@H](C(=O)N2CCC[C@H]2C(=O)N[C@@H](CC(C)C)C(=O)NCC(N)=O)NC(=O)[C@H](CC(N)=O)NC(=O)[C@H](Cc2cccs2)NC1=O. The van der Waals surface area contributed by atoms with Crippen molar-refractivity contribution >= 4 is 92.0 Å². The van der Waals surface area contributed by atoms with E-state index in [4.69, 9.17) is 17.2 Å². The largest absolute Gasteiger partial charge is 0.508 e. The van der Waals surface area contributed by atoms with Crippen molar-refractivity contribution in [3.05, 3.63) is 52.2 Å². The summed E-state index contributed by atoms with van der Waals surface area (Å²) in [4.78, 5) is 138. The molecule has 0 bridgehead atoms. The third-order valence-corrected chi connectivity index (χ3v) is 14.9. The molecule has 0 unspecified atom stereocenters. The number of carbonyl (C=O) groups excluding carboxylic acids is 10. The van der Waals surface area contributed by atoms with E-state index >= 15 is 0 Å². The second-order valence-corrected chi connectivity index (χ2v) is 21.3. The van der Waals surface area contributed by atoms with E-state index in [2.05, 4.69) is 37.2 Å². The van der Waals surface area contributed by atoms with Crippen molar-refractivity contribution in [1.82, 2.24) is 42.1 Å². The van der Waals surface area contributed by atoms with Crippen molar-refractivity contribution in [2.24, 2.45) is 29.0 Å². The van der Waals surface area contributed by atoms with Gasteiger partial charge in [-0.2, -0.15) is 0 Å². The number of phenols is 1. The van der Waals surface area contributed by atoms with Gasteiger partial charge in [0.15, 0.2) is 0 Å². The molecule has 70 heavy (non-hydrogen) atoms. The lowest BCUT2D eigenvalue weighted by atomic mass is 9.96. The average molecular weight is 1030 g/mol. The minimum absolute atomic E-state index is 0.0225. The van der Waals surface area contributed by atoms with Gasteiger partial charge in [0, 0.05) is 35.8 Å². The first-order chi connectivity index (χ1) is 33.2. The molecular weight excluding hydrogens is 967 g/mol. The van der Waals surface area contributed by atoms with Gasteiger partial charge in [-0.3, -0.25) is 47.9 Å². The highest BCUT2D eigenvalue weighted by molar-refractivity contribution is 8.76. The van der Waals surface area contributed by atoms with Crippen LogP contribution in [0.1, 0.15) is 70.2 Å². The van der Waals surface area contributed by atoms with E-state index in [1.807, 2.05) is 13.8 Å². The zero-order valence-electron chi connectivity index (χ0n) is 39.5. The summed E-state index contributed by atoms with van der Waals surface area (Å²) in [6.07, 6.45) is 0.305. The van der Waals surface area contributed by atoms with E-state index in [0.717, 1.165) is 21.6 Å². The lowest BCUT2D eigenvalue weighted by Crippen LogP contribution is -2.62. The molecule has 1 aromatic heterocycles. The van der Waals surface area contributed by atoms with E-state index in [0.29, 0.717) is 23.3 Å². The Bertz CT molecular complexity index is 2180. The fourth-order valence-electron chi connectivity index (χ4n) is 7.63. The van der Waals surface area contributed by atoms with Crippen molar-refractivity contribution in [3.8, 4) is 5.75 Å². The molecule has 0 aliphatic carbocycles. The van der Waals surface area contributed by atoms with Crippen LogP contribution >= 0.6 is 32.9 Å². The van der Waals surface area contributed by atoms with Gasteiger partial charge in [0.1, 0.15) is 48.0 Å². The third-order valence-electron chi connectivity index (χ3n) is 11.6. The molecule has 3 heterocycles. The van der Waals surface area contributed by atoms with Crippen LogP contribution in [0, 0.1) is 11.8 Å². The maximum absolute atomic E-state index is 14.6. The fraction of sp³-hybridized carbons (Fsp3) is 0.556. The first-order valence-corrected chi connectivity index (χ1v) is 26.3. The average Bonchev–Trinajstić information content (AvgIpc) is 4.02. The van der Waals surface area contributed by atoms with E-state index in [1.165, 1.54) is 28.4 Å². The van der Waals surface area contributed by atoms with Gasteiger partial charge in [-0.15, -0.1) is 11.3 Å². The minimum atomic E-state index is -1.66. The lowest BCUT2D eigenvalue weighted by Gasteiger charge is -2.31. The minimum Gasteiger partial charge on any atom is -0.508 e. The number of phenolic OH excluding ortho intramolecular Hbond substituents is 1. The Morgan fingerprint density at radius 1 is 0.800 bits per heavy atom. The van der Waals surface area contributed by atoms with Crippen LogP contribution in [0.2, 0.25) is 0 Å². The standard InChI is InChI=1S/C45H65N11O11S3/c1-5-24(4)37-44(66)53-31(18-27-8-7-15-68-27)40(62)51-32(19-35(47)58)41(63)54-33(22-70-69-21-28(46)38(60)50-30(42(64)55-37)17-25-10-12-26(57)13-11-25)45(67)56-14-6-9-34(56)43(65)52-29(16-23(2)3)39(61)49-20-36(48)59/h7-8,10-13,15,23-24,28-34,37,57H,5-6,9,14,16-22,46H2,1-4H3,(H2,47,58)(H2,48,59)(H,49,61)(H,50,60)(H,51,62)(H,52,65)(H,53,66)(H,54,63)(H,55,64)/t24-,28-,29-,30-,31-,32-,33-,34-,37-/m0/s1. The zero-order valence-corrected chi connectivity index (χ0v) is 42.0. The molecule has 4 rings (SSSR count). The number of nitrogens with one attached hydrogen (secondary N) is 7. The topological polar surface area (TPSA) is 356 Å². The van der Waals surface area contributed by atoms with Crippen molar-refractivity contribution in [2.75, 3.05) is 24.6 Å². The molecule has 0 spiro atoms. The molecule has 2 aliphatic heterocycles. The summed E-state index contributed by atoms with van der Waals surface area (Å²) in [5.41, 5.74) is 17.7. The quantitative estimate of drug-likeness (QED) is 0.0847. The molecule has 10 amide bonds. The summed E-state index contributed by atoms with van der Waals surface area (Å²) < 4.78 is 0. The molecule has 0 saturated carbocycles. The Kier molecular flexibility index (Phi) is 22.2. The molecule has 2 aliphatic rings. The van der Waals surface area contributed by atoms with Crippen molar-refractivity contribution in [2.45, 2.75) is 121 Å². The molecule has 2 saturated heterocycles. The van der Waals surface area contributed by atoms with Crippen molar-refractivity contribution in [1.29, 1.82) is 0 Å². The Balaban J connectivity index is 1.71. The Labute approximate surface area is 418 Å². The number of aromatic hydroxyl groups is 1. The smallest absolute Gasteiger partial charge is 0.246 e. The van der Waals surface area contributed by atoms with Gasteiger partial charge in [-0.05, 0) is 60.2 Å². The highest BCUT2D eigenvalue weighted by Gasteiger charge is 2.41. The molecular formula is C45H65N11O11S3. The second-order valence-electron chi connectivity index (χ2n) is 17.7. The molecule has 9 atom stereocenters. The maximum atomic E-state index is 14.6. The summed E-state index contributed by atoms with van der Waals surface area (Å²) in [6.45, 7) is 6.80. The molecule has 14 N–H and O–H groups in total. The molecule has 2 aromatic rings. The summed E-state index contributed by atoms with van der Waals surface area (Å²) in [6, 6.07) is -0.899. The number of rotatable bonds is 16. The number of nitrogens with two attached hydrogens (primary N) is 3. The van der Waals surface area contributed by atoms with Crippen LogP contribution in [0.3, 0.4) is 0 Å². The molecule has 25 heteroatoms. The second kappa shape index (κ2) is 27.5. The van der Waals surface area contributed by atoms with Crippen LogP contribution in [-0.4, -0.2) is 142 Å². The lowest BCUT2D eigenvalue weighted by molar-refractivity contribution is -0.142. The van der Waals surface area contributed by atoms with Crippen LogP contribution in [0.25, 0.3) is 0 Å². The predicted molar refractivity (Wildman–Crippen MR) is 264 cm³/mol. The molecule has 384 valence electrons. The van der Waals surface area contributed by atoms with Crippen LogP contribution < -0.4 is 54.4 Å². The number of nitrogens with zero attached hydrogens (tertiary/aromatic N) is 1. The Morgan fingerprint density at radius 2 is 1.43 bits per heavy atom. The Hall–Kier alpha value is -5.92. The maximum Gasteiger partial charge on any atom is 0.246 e. The number of benzene rings is 1. The molecule has 22 nitrogen and oxygen atoms in total. The summed E-state index contributed by atoms with van der Waals surface area (Å²) in [5, 5.41) is 30.1. The summed E-state index contributed by atoms with van der Waals surface area (Å²) in [5.74, 6) is -8.74. The zero-order chi connectivity index (χ0) is 51.7. The van der Waals surface area contributed by atoms with Crippen LogP contribution in [0.4, 0.5) is 0 Å². The summed E-state index contributed by atoms with van der Waals surface area (Å²) in [7, 11) is 2.12. The first-order valence-electron chi connectivity index (χ1n) is 22.9. The van der Waals surface area contributed by atoms with Gasteiger partial charge in [0.2, 0.25) is 59.1 Å². The van der Waals surface area contributed by atoms with Gasteiger partial charge in [0.25, 0.3) is 0 Å². The number of thiophene rings is 1. The van der Waals surface area contributed by atoms with Gasteiger partial charge in [-0.1, -0.05) is 73.9 Å². The first kappa shape index (κ1) is 56.7. The monoisotopic (exact) mass is 1030 g/mol. The van der Waals surface area contributed by atoms with E-state index in [1.54, 1.807) is 43.5 Å². The third kappa shape index (κ3) is 17.5. The number of hydrogen-bond donors (Lipinski definition) is 11. The van der Waals surface area contributed by atoms with Crippen LogP contribution in [-0.2, 0) is 60.8 Å². The number of amides is 10. The van der Waals surface area contributed by atoms with Crippen molar-refractivity contribution in [3.63, 3.8) is 0 Å². The highest BCUT2D eigenvalue weighted by atomic mass is 33.1. The normalized spacial score (nSPS) is 24.2. The van der Waals surface area contributed by atoms with Gasteiger partial charge < -0.3 is 64.4 Å². The predicted octanol–water partition coefficient (Wildman–Crippen LogP) is -1.57. The van der Waals surface area contributed by atoms with E-state index in [9.17, 15) is 53.1 Å². The summed E-state index contributed by atoms with van der Waals surface area (Å²) >= 11 is 1.29. The van der Waals surface area contributed by atoms with Crippen LogP contribution in [0.15, 0.2) is 41.8 Å². The Morgan fingerprint density at radius 3 is 2.06 bits per heavy atom. The number of primary amides is 2. The number of hydrogen-bond acceptors (Lipinski definition) is 15. The molecule has 1 aromatic carbocycles. The molecule has 0 radical (unpaired) electrons. The van der Waals surface area contributed by atoms with Gasteiger partial charge in [0.05, 0.1) is 19.0 Å². The van der Waals surface area contributed by atoms with E-state index in [-0.39, 0.29) is 55.4 Å². The fourth-order valence-corrected chi connectivity index (χ4v) is 10.7. The molecule has 2 fully saturated rings. The number of likely N-dealkylation sites (tertiary alicyclic amines) is 1. The van der Waals surface area contributed by atoms with Gasteiger partial charge >= 0.3 is 0 Å². The van der Waals surface area contributed by atoms with Gasteiger partial charge in [-0.25, -0.2) is 0 Å². The highest BCUT2D eigenvalue weighted by Crippen LogP contribution is 2.26. The number of carbonyl (C=O) groups is 10. The van der Waals surface area contributed by atoms with Crippen LogP contribution in [0.5, 0.6) is 5.75 Å². The van der Waals surface area contributed by atoms with Crippen molar-refractivity contribution < 1.29 is 53.1 Å².